The Labute approximate surface area is 90.9 Å². The monoisotopic (exact) mass is 229 g/mol. The van der Waals surface area contributed by atoms with Crippen LogP contribution in [0.15, 0.2) is 24.5 Å². The molecule has 0 aliphatic heterocycles. The third-order valence-electron chi connectivity index (χ3n) is 1.75. The molecule has 1 rings (SSSR count). The van der Waals surface area contributed by atoms with Gasteiger partial charge in [-0.15, -0.1) is 0 Å². The molecule has 0 unspecified atom stereocenters. The first-order valence-corrected chi connectivity index (χ1v) is 4.35. The minimum atomic E-state index is -0.801. The molecule has 0 saturated carbocycles. The molecular weight excluding hydrogens is 221 g/mol. The van der Waals surface area contributed by atoms with Gasteiger partial charge in [0.15, 0.2) is 12.1 Å². The van der Waals surface area contributed by atoms with Crippen molar-refractivity contribution in [3.8, 4) is 0 Å². The first-order valence-electron chi connectivity index (χ1n) is 3.97. The highest BCUT2D eigenvalue weighted by Crippen LogP contribution is 2.25. The summed E-state index contributed by atoms with van der Waals surface area (Å²) in [5.74, 6) is 4.70. The van der Waals surface area contributed by atoms with E-state index in [2.05, 4.69) is 0 Å². The van der Waals surface area contributed by atoms with Crippen LogP contribution in [-0.2, 0) is 0 Å². The molecule has 0 bridgehead atoms. The summed E-state index contributed by atoms with van der Waals surface area (Å²) in [4.78, 5) is 10.7. The van der Waals surface area contributed by atoms with Gasteiger partial charge in [0.2, 0.25) is 0 Å². The van der Waals surface area contributed by atoms with Crippen LogP contribution in [0.3, 0.4) is 0 Å². The van der Waals surface area contributed by atoms with Crippen molar-refractivity contribution in [3.05, 3.63) is 40.9 Å². The summed E-state index contributed by atoms with van der Waals surface area (Å²) in [6, 6.07) is 2.73. The Morgan fingerprint density at radius 3 is 2.67 bits per heavy atom. The number of rotatable bonds is 3. The highest BCUT2D eigenvalue weighted by atomic mass is 35.5. The second-order valence-corrected chi connectivity index (χ2v) is 3.07. The quantitative estimate of drug-likeness (QED) is 0.467. The van der Waals surface area contributed by atoms with E-state index in [4.69, 9.17) is 23.2 Å². The lowest BCUT2D eigenvalue weighted by atomic mass is 10.2. The molecule has 0 atom stereocenters. The normalized spacial score (nSPS) is 10.6. The largest absolute Gasteiger partial charge is 0.403 e. The maximum absolute atomic E-state index is 13.4. The summed E-state index contributed by atoms with van der Waals surface area (Å²) in [6.07, 6.45) is 2.80. The molecule has 0 saturated heterocycles. The van der Waals surface area contributed by atoms with Gasteiger partial charge in [-0.25, -0.2) is 10.2 Å². The lowest BCUT2D eigenvalue weighted by Gasteiger charge is -2.15. The van der Waals surface area contributed by atoms with Crippen molar-refractivity contribution in [2.45, 2.75) is 0 Å². The highest BCUT2D eigenvalue weighted by molar-refractivity contribution is 6.31. The van der Waals surface area contributed by atoms with E-state index >= 15 is 0 Å². The van der Waals surface area contributed by atoms with Crippen molar-refractivity contribution >= 4 is 23.6 Å². The SMILES string of the molecule is N/C=C\N(N)c1ccc(Cl)c(F)c1C=O. The Morgan fingerprint density at radius 2 is 2.13 bits per heavy atom. The average Bonchev–Trinajstić information content (AvgIpc) is 2.22. The summed E-state index contributed by atoms with van der Waals surface area (Å²) in [5.41, 5.74) is 5.10. The van der Waals surface area contributed by atoms with Crippen LogP contribution in [0.25, 0.3) is 0 Å². The standard InChI is InChI=1S/C9H9ClFN3O/c10-7-1-2-8(14(13)4-3-12)6(5-15)9(7)11/h1-5H,12-13H2/b4-3-. The molecule has 80 valence electrons. The van der Waals surface area contributed by atoms with Gasteiger partial charge in [-0.2, -0.15) is 0 Å². The fourth-order valence-electron chi connectivity index (χ4n) is 1.07. The first-order chi connectivity index (χ1) is 7.11. The van der Waals surface area contributed by atoms with Crippen molar-refractivity contribution < 1.29 is 9.18 Å². The van der Waals surface area contributed by atoms with Crippen LogP contribution in [0.2, 0.25) is 5.02 Å². The van der Waals surface area contributed by atoms with Crippen molar-refractivity contribution in [1.82, 2.24) is 0 Å². The van der Waals surface area contributed by atoms with Gasteiger partial charge in [0.05, 0.1) is 16.3 Å². The molecule has 0 amide bonds. The van der Waals surface area contributed by atoms with E-state index in [9.17, 15) is 9.18 Å². The van der Waals surface area contributed by atoms with Gasteiger partial charge < -0.3 is 5.73 Å². The summed E-state index contributed by atoms with van der Waals surface area (Å²) in [5, 5.41) is 0.898. The number of nitrogens with two attached hydrogens (primary N) is 2. The molecule has 1 aromatic carbocycles. The Balaban J connectivity index is 3.30. The number of halogens is 2. The number of nitrogens with zero attached hydrogens (tertiary/aromatic N) is 1. The molecule has 0 fully saturated rings. The van der Waals surface area contributed by atoms with E-state index in [-0.39, 0.29) is 16.3 Å². The van der Waals surface area contributed by atoms with E-state index in [1.54, 1.807) is 0 Å². The molecule has 1 aromatic rings. The minimum Gasteiger partial charge on any atom is -0.403 e. The molecule has 0 aromatic heterocycles. The number of carbonyl (C=O) groups is 1. The van der Waals surface area contributed by atoms with Gasteiger partial charge in [-0.3, -0.25) is 9.80 Å². The summed E-state index contributed by atoms with van der Waals surface area (Å²) >= 11 is 5.51. The zero-order chi connectivity index (χ0) is 11.4. The maximum atomic E-state index is 13.4. The zero-order valence-electron chi connectivity index (χ0n) is 7.65. The van der Waals surface area contributed by atoms with Gasteiger partial charge in [-0.05, 0) is 12.1 Å². The van der Waals surface area contributed by atoms with Crippen molar-refractivity contribution in [2.24, 2.45) is 11.6 Å². The van der Waals surface area contributed by atoms with E-state index < -0.39 is 5.82 Å². The maximum Gasteiger partial charge on any atom is 0.155 e. The van der Waals surface area contributed by atoms with Gasteiger partial charge >= 0.3 is 0 Å². The fourth-order valence-corrected chi connectivity index (χ4v) is 1.23. The van der Waals surface area contributed by atoms with Crippen LogP contribution >= 0.6 is 11.6 Å². The number of aldehydes is 1. The van der Waals surface area contributed by atoms with Gasteiger partial charge in [0.25, 0.3) is 0 Å². The lowest BCUT2D eigenvalue weighted by molar-refractivity contribution is 0.112. The van der Waals surface area contributed by atoms with Crippen LogP contribution in [0.5, 0.6) is 0 Å². The van der Waals surface area contributed by atoms with Crippen molar-refractivity contribution in [2.75, 3.05) is 5.01 Å². The zero-order valence-corrected chi connectivity index (χ0v) is 8.41. The number of hydrazine groups is 1. The molecule has 0 radical (unpaired) electrons. The van der Waals surface area contributed by atoms with Gasteiger partial charge in [-0.1, -0.05) is 11.6 Å². The van der Waals surface area contributed by atoms with Crippen LogP contribution in [0.1, 0.15) is 10.4 Å². The molecule has 0 aliphatic carbocycles. The lowest BCUT2D eigenvalue weighted by Crippen LogP contribution is -2.26. The number of anilines is 1. The third kappa shape index (κ3) is 2.26. The van der Waals surface area contributed by atoms with Crippen LogP contribution in [0.4, 0.5) is 10.1 Å². The molecule has 6 heteroatoms. The summed E-state index contributed by atoms with van der Waals surface area (Å²) < 4.78 is 13.4. The Bertz CT molecular complexity index is 409. The third-order valence-corrected chi connectivity index (χ3v) is 2.04. The molecule has 0 aliphatic rings. The topological polar surface area (TPSA) is 72.3 Å². The number of hydrogen-bond donors (Lipinski definition) is 2. The smallest absolute Gasteiger partial charge is 0.155 e. The van der Waals surface area contributed by atoms with Gasteiger partial charge in [0.1, 0.15) is 0 Å². The number of hydrogen-bond acceptors (Lipinski definition) is 4. The van der Waals surface area contributed by atoms with Crippen LogP contribution in [0, 0.1) is 5.82 Å². The van der Waals surface area contributed by atoms with E-state index in [1.165, 1.54) is 24.5 Å². The second kappa shape index (κ2) is 4.77. The minimum absolute atomic E-state index is 0.133. The molecule has 4 N–H and O–H groups in total. The van der Waals surface area contributed by atoms with Gasteiger partial charge in [0, 0.05) is 12.4 Å². The number of benzene rings is 1. The molecule has 15 heavy (non-hydrogen) atoms. The predicted molar refractivity (Wildman–Crippen MR) is 56.8 cm³/mol. The fraction of sp³-hybridized carbons (Fsp3) is 0. The van der Waals surface area contributed by atoms with E-state index in [0.717, 1.165) is 5.01 Å². The average molecular weight is 230 g/mol. The first kappa shape index (κ1) is 11.5. The summed E-state index contributed by atoms with van der Waals surface area (Å²) in [7, 11) is 0. The second-order valence-electron chi connectivity index (χ2n) is 2.66. The van der Waals surface area contributed by atoms with E-state index in [0.29, 0.717) is 6.29 Å². The van der Waals surface area contributed by atoms with Crippen molar-refractivity contribution in [1.29, 1.82) is 0 Å². The predicted octanol–water partition coefficient (Wildman–Crippen LogP) is 1.40. The van der Waals surface area contributed by atoms with E-state index in [1.807, 2.05) is 0 Å². The Morgan fingerprint density at radius 1 is 1.47 bits per heavy atom. The van der Waals surface area contributed by atoms with Crippen LogP contribution in [-0.4, -0.2) is 6.29 Å². The molecular formula is C9H9ClFN3O. The molecule has 0 spiro atoms. The molecule has 0 heterocycles. The number of carbonyl (C=O) groups excluding carboxylic acids is 1. The van der Waals surface area contributed by atoms with Crippen molar-refractivity contribution in [3.63, 3.8) is 0 Å². The molecule has 4 nitrogen and oxygen atoms in total. The van der Waals surface area contributed by atoms with Crippen LogP contribution < -0.4 is 16.6 Å². The Kier molecular flexibility index (Phi) is 3.65. The highest BCUT2D eigenvalue weighted by Gasteiger charge is 2.13. The Hall–Kier alpha value is -1.59. The summed E-state index contributed by atoms with van der Waals surface area (Å²) in [6.45, 7) is 0.